The second-order valence-corrected chi connectivity index (χ2v) is 6.80. The largest absolute Gasteiger partial charge is 0.496 e. The molecule has 0 spiro atoms. The molecule has 0 amide bonds. The molecule has 0 radical (unpaired) electrons. The van der Waals surface area contributed by atoms with Crippen molar-refractivity contribution in [3.8, 4) is 5.75 Å². The van der Waals surface area contributed by atoms with Gasteiger partial charge in [-0.1, -0.05) is 26.0 Å². The van der Waals surface area contributed by atoms with E-state index in [1.807, 2.05) is 12.4 Å². The molecule has 0 aliphatic rings. The lowest BCUT2D eigenvalue weighted by Gasteiger charge is -2.14. The van der Waals surface area contributed by atoms with Gasteiger partial charge in [0, 0.05) is 32.5 Å². The monoisotopic (exact) mass is 357 g/mol. The third-order valence-corrected chi connectivity index (χ3v) is 4.18. The second-order valence-electron chi connectivity index (χ2n) is 6.80. The van der Waals surface area contributed by atoms with Gasteiger partial charge in [-0.15, -0.1) is 0 Å². The zero-order chi connectivity index (χ0) is 18.9. The van der Waals surface area contributed by atoms with Crippen LogP contribution in [0.1, 0.15) is 30.8 Å². The number of hydrogen-bond donors (Lipinski definition) is 2. The molecule has 6 nitrogen and oxygen atoms in total. The van der Waals surface area contributed by atoms with Crippen molar-refractivity contribution in [2.45, 2.75) is 40.3 Å². The van der Waals surface area contributed by atoms with E-state index >= 15 is 0 Å². The van der Waals surface area contributed by atoms with Gasteiger partial charge in [0.15, 0.2) is 5.96 Å². The van der Waals surface area contributed by atoms with Crippen molar-refractivity contribution in [1.82, 2.24) is 20.2 Å². The summed E-state index contributed by atoms with van der Waals surface area (Å²) in [6, 6.07) is 6.32. The van der Waals surface area contributed by atoms with Crippen molar-refractivity contribution < 1.29 is 4.74 Å². The molecule has 1 aromatic carbocycles. The van der Waals surface area contributed by atoms with Crippen LogP contribution in [0.15, 0.2) is 35.6 Å². The van der Waals surface area contributed by atoms with Crippen LogP contribution in [-0.4, -0.2) is 36.2 Å². The Balaban J connectivity index is 1.82. The highest BCUT2D eigenvalue weighted by Crippen LogP contribution is 2.18. The first-order chi connectivity index (χ1) is 12.5. The van der Waals surface area contributed by atoms with Crippen LogP contribution < -0.4 is 15.4 Å². The number of methoxy groups -OCH3 is 1. The molecule has 2 rings (SSSR count). The summed E-state index contributed by atoms with van der Waals surface area (Å²) in [5, 5.41) is 6.69. The minimum absolute atomic E-state index is 0.590. The number of nitrogens with zero attached hydrogens (tertiary/aromatic N) is 3. The van der Waals surface area contributed by atoms with Gasteiger partial charge < -0.3 is 19.9 Å². The molecule has 26 heavy (non-hydrogen) atoms. The number of imidazole rings is 1. The number of nitrogens with one attached hydrogen (secondary N) is 2. The van der Waals surface area contributed by atoms with Crippen LogP contribution in [-0.2, 0) is 19.5 Å². The molecule has 0 aliphatic heterocycles. The van der Waals surface area contributed by atoms with Gasteiger partial charge in [-0.05, 0) is 36.5 Å². The molecule has 0 saturated carbocycles. The number of benzene rings is 1. The lowest BCUT2D eigenvalue weighted by Crippen LogP contribution is -2.38. The van der Waals surface area contributed by atoms with Crippen LogP contribution in [0.4, 0.5) is 0 Å². The molecule has 0 bridgehead atoms. The molecule has 0 saturated heterocycles. The molecule has 0 atom stereocenters. The maximum Gasteiger partial charge on any atom is 0.191 e. The summed E-state index contributed by atoms with van der Waals surface area (Å²) in [6.07, 6.45) is 4.78. The highest BCUT2D eigenvalue weighted by atomic mass is 16.5. The Bertz CT molecular complexity index is 721. The summed E-state index contributed by atoms with van der Waals surface area (Å²) >= 11 is 0. The summed E-state index contributed by atoms with van der Waals surface area (Å²) in [6.45, 7) is 8.88. The Kier molecular flexibility index (Phi) is 7.51. The van der Waals surface area contributed by atoms with E-state index in [2.05, 4.69) is 64.1 Å². The topological polar surface area (TPSA) is 63.5 Å². The first-order valence-corrected chi connectivity index (χ1v) is 9.11. The van der Waals surface area contributed by atoms with Gasteiger partial charge in [0.2, 0.25) is 0 Å². The van der Waals surface area contributed by atoms with Crippen LogP contribution in [0.25, 0.3) is 0 Å². The molecule has 0 unspecified atom stereocenters. The van der Waals surface area contributed by atoms with E-state index in [1.54, 1.807) is 14.2 Å². The fourth-order valence-electron chi connectivity index (χ4n) is 2.80. The standard InChI is InChI=1S/C20H31N5O/c1-15(2)14-25-11-10-22-19(25)13-24-20(21-4)23-9-8-17-7-6-16(3)18(12-17)26-5/h6-7,10-12,15H,8-9,13-14H2,1-5H3,(H2,21,23,24). The van der Waals surface area contributed by atoms with Gasteiger partial charge in [-0.3, -0.25) is 4.99 Å². The molecule has 0 aliphatic carbocycles. The van der Waals surface area contributed by atoms with E-state index in [-0.39, 0.29) is 0 Å². The number of hydrogen-bond acceptors (Lipinski definition) is 3. The highest BCUT2D eigenvalue weighted by Gasteiger charge is 2.06. The minimum Gasteiger partial charge on any atom is -0.496 e. The normalized spacial score (nSPS) is 11.7. The smallest absolute Gasteiger partial charge is 0.191 e. The minimum atomic E-state index is 0.590. The molecule has 6 heteroatoms. The van der Waals surface area contributed by atoms with Crippen molar-refractivity contribution >= 4 is 5.96 Å². The Morgan fingerprint density at radius 2 is 2.12 bits per heavy atom. The van der Waals surface area contributed by atoms with Gasteiger partial charge >= 0.3 is 0 Å². The average molecular weight is 358 g/mol. The molecule has 1 heterocycles. The number of aromatic nitrogens is 2. The predicted octanol–water partition coefficient (Wildman–Crippen LogP) is 2.76. The number of ether oxygens (including phenoxy) is 1. The quantitative estimate of drug-likeness (QED) is 0.563. The highest BCUT2D eigenvalue weighted by molar-refractivity contribution is 5.79. The fraction of sp³-hybridized carbons (Fsp3) is 0.500. The molecule has 2 aromatic rings. The number of rotatable bonds is 8. The predicted molar refractivity (Wildman–Crippen MR) is 107 cm³/mol. The summed E-state index contributed by atoms with van der Waals surface area (Å²) in [4.78, 5) is 8.72. The molecular weight excluding hydrogens is 326 g/mol. The maximum atomic E-state index is 5.39. The molecular formula is C20H31N5O. The molecule has 142 valence electrons. The van der Waals surface area contributed by atoms with Crippen LogP contribution in [0.2, 0.25) is 0 Å². The van der Waals surface area contributed by atoms with Crippen molar-refractivity contribution in [1.29, 1.82) is 0 Å². The van der Waals surface area contributed by atoms with Crippen LogP contribution in [0.5, 0.6) is 5.75 Å². The lowest BCUT2D eigenvalue weighted by molar-refractivity contribution is 0.411. The number of aliphatic imine (C=N–C) groups is 1. The lowest BCUT2D eigenvalue weighted by atomic mass is 10.1. The summed E-state index contributed by atoms with van der Waals surface area (Å²) < 4.78 is 7.57. The van der Waals surface area contributed by atoms with Gasteiger partial charge in [-0.25, -0.2) is 4.98 Å². The summed E-state index contributed by atoms with van der Waals surface area (Å²) in [5.74, 6) is 3.32. The van der Waals surface area contributed by atoms with Crippen LogP contribution >= 0.6 is 0 Å². The average Bonchev–Trinajstić information content (AvgIpc) is 3.05. The van der Waals surface area contributed by atoms with Crippen LogP contribution in [0.3, 0.4) is 0 Å². The summed E-state index contributed by atoms with van der Waals surface area (Å²) in [5.41, 5.74) is 2.39. The van der Waals surface area contributed by atoms with Crippen molar-refractivity contribution in [3.05, 3.63) is 47.5 Å². The number of guanidine groups is 1. The SMILES string of the molecule is CN=C(NCCc1ccc(C)c(OC)c1)NCc1nccn1CC(C)C. The van der Waals surface area contributed by atoms with E-state index < -0.39 is 0 Å². The van der Waals surface area contributed by atoms with Crippen molar-refractivity contribution in [2.24, 2.45) is 10.9 Å². The van der Waals surface area contributed by atoms with E-state index in [4.69, 9.17) is 4.74 Å². The molecule has 2 N–H and O–H groups in total. The molecule has 1 aromatic heterocycles. The zero-order valence-electron chi connectivity index (χ0n) is 16.5. The van der Waals surface area contributed by atoms with Crippen molar-refractivity contribution in [3.63, 3.8) is 0 Å². The third kappa shape index (κ3) is 5.79. The Morgan fingerprint density at radius 3 is 2.81 bits per heavy atom. The summed E-state index contributed by atoms with van der Waals surface area (Å²) in [7, 11) is 3.49. The van der Waals surface area contributed by atoms with Crippen LogP contribution in [0, 0.1) is 12.8 Å². The van der Waals surface area contributed by atoms with E-state index in [0.717, 1.165) is 42.6 Å². The Hall–Kier alpha value is -2.50. The first kappa shape index (κ1) is 19.8. The first-order valence-electron chi connectivity index (χ1n) is 9.11. The van der Waals surface area contributed by atoms with E-state index in [0.29, 0.717) is 12.5 Å². The van der Waals surface area contributed by atoms with Gasteiger partial charge in [0.05, 0.1) is 13.7 Å². The van der Waals surface area contributed by atoms with E-state index in [9.17, 15) is 0 Å². The Labute approximate surface area is 156 Å². The van der Waals surface area contributed by atoms with Gasteiger partial charge in [-0.2, -0.15) is 0 Å². The van der Waals surface area contributed by atoms with Gasteiger partial charge in [0.25, 0.3) is 0 Å². The molecule has 0 fully saturated rings. The Morgan fingerprint density at radius 1 is 1.31 bits per heavy atom. The van der Waals surface area contributed by atoms with Gasteiger partial charge in [0.1, 0.15) is 11.6 Å². The zero-order valence-corrected chi connectivity index (χ0v) is 16.5. The van der Waals surface area contributed by atoms with Crippen molar-refractivity contribution in [2.75, 3.05) is 20.7 Å². The maximum absolute atomic E-state index is 5.39. The number of aryl methyl sites for hydroxylation is 1. The third-order valence-electron chi connectivity index (χ3n) is 4.18. The fourth-order valence-corrected chi connectivity index (χ4v) is 2.80. The van der Waals surface area contributed by atoms with E-state index in [1.165, 1.54) is 5.56 Å². The second kappa shape index (κ2) is 9.85.